The van der Waals surface area contributed by atoms with Gasteiger partial charge in [-0.15, -0.1) is 0 Å². The zero-order valence-electron chi connectivity index (χ0n) is 20.5. The molecule has 3 rings (SSSR count). The Balaban J connectivity index is 1.66. The van der Waals surface area contributed by atoms with Crippen LogP contribution in [-0.2, 0) is 18.5 Å². The average Bonchev–Trinajstić information content (AvgIpc) is 3.31. The Bertz CT molecular complexity index is 1020. The zero-order valence-corrected chi connectivity index (χ0v) is 20.5. The lowest BCUT2D eigenvalue weighted by Gasteiger charge is -2.25. The Morgan fingerprint density at radius 3 is 2.41 bits per heavy atom. The van der Waals surface area contributed by atoms with E-state index in [1.807, 2.05) is 19.1 Å². The fraction of sp³-hybridized carbons (Fsp3) is 0.393. The van der Waals surface area contributed by atoms with Crippen molar-refractivity contribution in [2.75, 3.05) is 19.8 Å². The summed E-state index contributed by atoms with van der Waals surface area (Å²) in [4.78, 5) is 13.2. The van der Waals surface area contributed by atoms with Gasteiger partial charge in [0.05, 0.1) is 19.4 Å². The maximum Gasteiger partial charge on any atom is 0.161 e. The molecule has 0 radical (unpaired) electrons. The summed E-state index contributed by atoms with van der Waals surface area (Å²) < 4.78 is 17.0. The molecule has 1 N–H and O–H groups in total. The molecule has 182 valence electrons. The molecule has 1 atom stereocenters. The summed E-state index contributed by atoms with van der Waals surface area (Å²) in [6, 6.07) is 17.4. The number of ether oxygens (including phenoxy) is 2. The molecular weight excluding hydrogens is 430 g/mol. The van der Waals surface area contributed by atoms with E-state index < -0.39 is 6.10 Å². The summed E-state index contributed by atoms with van der Waals surface area (Å²) in [5, 5.41) is 10.8. The normalized spacial score (nSPS) is 12.5. The number of carbonyl (C=O) groups is 1. The van der Waals surface area contributed by atoms with E-state index in [-0.39, 0.29) is 12.0 Å². The van der Waals surface area contributed by atoms with Gasteiger partial charge < -0.3 is 19.0 Å². The quantitative estimate of drug-likeness (QED) is 0.369. The monoisotopic (exact) mass is 465 g/mol. The molecule has 6 nitrogen and oxygen atoms in total. The van der Waals surface area contributed by atoms with Crippen LogP contribution in [0.2, 0.25) is 0 Å². The fourth-order valence-electron chi connectivity index (χ4n) is 3.70. The van der Waals surface area contributed by atoms with Crippen LogP contribution < -0.4 is 9.47 Å². The van der Waals surface area contributed by atoms with E-state index in [1.54, 1.807) is 24.5 Å². The van der Waals surface area contributed by atoms with Gasteiger partial charge in [-0.25, -0.2) is 0 Å². The van der Waals surface area contributed by atoms with Gasteiger partial charge in [0, 0.05) is 18.7 Å². The molecule has 0 aliphatic rings. The van der Waals surface area contributed by atoms with Crippen LogP contribution >= 0.6 is 0 Å². The fourth-order valence-corrected chi connectivity index (χ4v) is 3.70. The minimum Gasteiger partial charge on any atom is -0.490 e. The van der Waals surface area contributed by atoms with Crippen molar-refractivity contribution in [3.8, 4) is 11.5 Å². The number of rotatable bonds is 12. The van der Waals surface area contributed by atoms with Crippen LogP contribution in [-0.4, -0.2) is 42.2 Å². The van der Waals surface area contributed by atoms with Gasteiger partial charge in [-0.3, -0.25) is 9.69 Å². The van der Waals surface area contributed by atoms with Crippen LogP contribution in [0.3, 0.4) is 0 Å². The first-order valence-electron chi connectivity index (χ1n) is 11.7. The van der Waals surface area contributed by atoms with Gasteiger partial charge in [0.25, 0.3) is 0 Å². The van der Waals surface area contributed by atoms with Gasteiger partial charge in [0.15, 0.2) is 11.5 Å². The number of aliphatic hydroxyl groups is 1. The van der Waals surface area contributed by atoms with Crippen LogP contribution in [0, 0.1) is 0 Å². The third-order valence-electron chi connectivity index (χ3n) is 5.49. The molecule has 2 aromatic carbocycles. The van der Waals surface area contributed by atoms with E-state index in [4.69, 9.17) is 13.9 Å². The molecule has 1 unspecified atom stereocenters. The molecule has 0 fully saturated rings. The average molecular weight is 466 g/mol. The van der Waals surface area contributed by atoms with Crippen LogP contribution in [0.15, 0.2) is 65.3 Å². The second-order valence-electron chi connectivity index (χ2n) is 9.42. The number of benzene rings is 2. The number of carbonyl (C=O) groups excluding carboxylic acids is 1. The number of furan rings is 1. The minimum atomic E-state index is -0.732. The SMILES string of the molecule is CCOc1cc(C=O)ccc1OCC(O)CN(Cc1ccc(C(C)(C)C)cc1)Cc1ccco1. The molecule has 1 aromatic heterocycles. The van der Waals surface area contributed by atoms with Gasteiger partial charge in [-0.2, -0.15) is 0 Å². The van der Waals surface area contributed by atoms with Crippen LogP contribution in [0.4, 0.5) is 0 Å². The lowest BCUT2D eigenvalue weighted by atomic mass is 9.87. The molecule has 0 saturated heterocycles. The van der Waals surface area contributed by atoms with Crippen molar-refractivity contribution < 1.29 is 23.8 Å². The first kappa shape index (κ1) is 25.5. The van der Waals surface area contributed by atoms with Crippen molar-refractivity contribution in [3.63, 3.8) is 0 Å². The predicted octanol–water partition coefficient (Wildman–Crippen LogP) is 5.23. The Kier molecular flexibility index (Phi) is 8.91. The smallest absolute Gasteiger partial charge is 0.161 e. The first-order chi connectivity index (χ1) is 16.3. The van der Waals surface area contributed by atoms with Crippen molar-refractivity contribution >= 4 is 6.29 Å². The van der Waals surface area contributed by atoms with Gasteiger partial charge in [0.2, 0.25) is 0 Å². The van der Waals surface area contributed by atoms with E-state index >= 15 is 0 Å². The van der Waals surface area contributed by atoms with E-state index in [0.29, 0.717) is 43.3 Å². The van der Waals surface area contributed by atoms with Gasteiger partial charge in [0.1, 0.15) is 24.8 Å². The molecule has 1 heterocycles. The highest BCUT2D eigenvalue weighted by Gasteiger charge is 2.17. The number of hydrogen-bond acceptors (Lipinski definition) is 6. The summed E-state index contributed by atoms with van der Waals surface area (Å²) in [7, 11) is 0. The molecular formula is C28H35NO5. The molecule has 0 saturated carbocycles. The van der Waals surface area contributed by atoms with E-state index in [9.17, 15) is 9.90 Å². The van der Waals surface area contributed by atoms with Crippen molar-refractivity contribution in [2.24, 2.45) is 0 Å². The molecule has 34 heavy (non-hydrogen) atoms. The Hall–Kier alpha value is -3.09. The summed E-state index contributed by atoms with van der Waals surface area (Å²) in [6.07, 6.45) is 1.69. The predicted molar refractivity (Wildman–Crippen MR) is 132 cm³/mol. The van der Waals surface area contributed by atoms with Gasteiger partial charge in [-0.05, 0) is 53.8 Å². The lowest BCUT2D eigenvalue weighted by Crippen LogP contribution is -2.35. The number of hydrogen-bond donors (Lipinski definition) is 1. The van der Waals surface area contributed by atoms with Crippen molar-refractivity contribution in [3.05, 3.63) is 83.3 Å². The summed E-state index contributed by atoms with van der Waals surface area (Å²) in [6.45, 7) is 10.7. The molecule has 0 spiro atoms. The van der Waals surface area contributed by atoms with E-state index in [0.717, 1.165) is 17.6 Å². The molecule has 3 aromatic rings. The Morgan fingerprint density at radius 1 is 1.03 bits per heavy atom. The van der Waals surface area contributed by atoms with Crippen molar-refractivity contribution in [1.82, 2.24) is 4.90 Å². The van der Waals surface area contributed by atoms with Crippen molar-refractivity contribution in [2.45, 2.75) is 52.3 Å². The standard InChI is InChI=1S/C28H35NO5/c1-5-32-27-15-22(19-30)10-13-26(27)34-20-24(31)17-29(18-25-7-6-14-33-25)16-21-8-11-23(12-9-21)28(2,3)4/h6-15,19,24,31H,5,16-18,20H2,1-4H3. The Labute approximate surface area is 202 Å². The van der Waals surface area contributed by atoms with Crippen LogP contribution in [0.5, 0.6) is 11.5 Å². The molecule has 0 bridgehead atoms. The van der Waals surface area contributed by atoms with E-state index in [2.05, 4.69) is 49.9 Å². The van der Waals surface area contributed by atoms with Crippen molar-refractivity contribution in [1.29, 1.82) is 0 Å². The Morgan fingerprint density at radius 2 is 1.79 bits per heavy atom. The third kappa shape index (κ3) is 7.47. The second-order valence-corrected chi connectivity index (χ2v) is 9.42. The molecule has 0 amide bonds. The second kappa shape index (κ2) is 11.9. The minimum absolute atomic E-state index is 0.0954. The highest BCUT2D eigenvalue weighted by molar-refractivity contribution is 5.76. The third-order valence-corrected chi connectivity index (χ3v) is 5.49. The maximum absolute atomic E-state index is 11.1. The van der Waals surface area contributed by atoms with Crippen LogP contribution in [0.25, 0.3) is 0 Å². The molecule has 0 aliphatic heterocycles. The zero-order chi connectivity index (χ0) is 24.6. The van der Waals surface area contributed by atoms with Gasteiger partial charge in [-0.1, -0.05) is 45.0 Å². The summed E-state index contributed by atoms with van der Waals surface area (Å²) in [5.74, 6) is 1.83. The number of aliphatic hydroxyl groups excluding tert-OH is 1. The topological polar surface area (TPSA) is 72.1 Å². The first-order valence-corrected chi connectivity index (χ1v) is 11.7. The number of nitrogens with zero attached hydrogens (tertiary/aromatic N) is 1. The van der Waals surface area contributed by atoms with Gasteiger partial charge >= 0.3 is 0 Å². The molecule has 0 aliphatic carbocycles. The largest absolute Gasteiger partial charge is 0.490 e. The van der Waals surface area contributed by atoms with E-state index in [1.165, 1.54) is 5.56 Å². The molecule has 6 heteroatoms. The summed E-state index contributed by atoms with van der Waals surface area (Å²) in [5.41, 5.74) is 3.06. The lowest BCUT2D eigenvalue weighted by molar-refractivity contribution is 0.0593. The highest BCUT2D eigenvalue weighted by Crippen LogP contribution is 2.28. The summed E-state index contributed by atoms with van der Waals surface area (Å²) >= 11 is 0. The van der Waals surface area contributed by atoms with Crippen LogP contribution in [0.1, 0.15) is 54.9 Å². The highest BCUT2D eigenvalue weighted by atomic mass is 16.5. The number of aldehydes is 1. The maximum atomic E-state index is 11.1.